The smallest absolute Gasteiger partial charge is 0.0442 e. The first-order valence-corrected chi connectivity index (χ1v) is 6.78. The first-order valence-electron chi connectivity index (χ1n) is 6.40. The van der Waals surface area contributed by atoms with Crippen molar-refractivity contribution in [1.29, 1.82) is 0 Å². The van der Waals surface area contributed by atoms with Crippen molar-refractivity contribution in [3.8, 4) is 0 Å². The van der Waals surface area contributed by atoms with E-state index in [1.165, 1.54) is 11.1 Å². The summed E-state index contributed by atoms with van der Waals surface area (Å²) >= 11 is 6.06. The number of nitrogens with two attached hydrogens (primary N) is 1. The molecule has 0 saturated carbocycles. The van der Waals surface area contributed by atoms with Gasteiger partial charge in [0, 0.05) is 23.4 Å². The van der Waals surface area contributed by atoms with Crippen LogP contribution in [0.5, 0.6) is 0 Å². The van der Waals surface area contributed by atoms with Crippen molar-refractivity contribution in [2.45, 2.75) is 13.3 Å². The lowest BCUT2D eigenvalue weighted by Crippen LogP contribution is -2.13. The Morgan fingerprint density at radius 3 is 2.42 bits per heavy atom. The maximum absolute atomic E-state index is 6.06. The highest BCUT2D eigenvalue weighted by Crippen LogP contribution is 2.29. The fraction of sp³-hybridized carbons (Fsp3) is 0.250. The molecule has 0 unspecified atom stereocenters. The van der Waals surface area contributed by atoms with E-state index in [0.29, 0.717) is 6.54 Å². The van der Waals surface area contributed by atoms with Gasteiger partial charge in [0.25, 0.3) is 0 Å². The Morgan fingerprint density at radius 1 is 1.11 bits per heavy atom. The Balaban J connectivity index is 2.37. The molecule has 0 fully saturated rings. The molecular formula is C16H19ClN2. The molecule has 100 valence electrons. The number of anilines is 2. The van der Waals surface area contributed by atoms with Gasteiger partial charge in [-0.05, 0) is 55.8 Å². The molecule has 3 heteroatoms. The molecule has 0 bridgehead atoms. The van der Waals surface area contributed by atoms with E-state index in [1.54, 1.807) is 0 Å². The van der Waals surface area contributed by atoms with E-state index in [9.17, 15) is 0 Å². The maximum Gasteiger partial charge on any atom is 0.0442 e. The van der Waals surface area contributed by atoms with Crippen LogP contribution in [-0.4, -0.2) is 13.6 Å². The number of hydrogen-bond donors (Lipinski definition) is 1. The summed E-state index contributed by atoms with van der Waals surface area (Å²) in [5.41, 5.74) is 10.4. The summed E-state index contributed by atoms with van der Waals surface area (Å²) in [7, 11) is 2.06. The first kappa shape index (κ1) is 13.9. The molecule has 0 radical (unpaired) electrons. The quantitative estimate of drug-likeness (QED) is 0.916. The van der Waals surface area contributed by atoms with Gasteiger partial charge in [-0.2, -0.15) is 0 Å². The zero-order chi connectivity index (χ0) is 13.8. The van der Waals surface area contributed by atoms with Crippen LogP contribution in [0.2, 0.25) is 5.02 Å². The summed E-state index contributed by atoms with van der Waals surface area (Å²) in [6, 6.07) is 14.4. The van der Waals surface area contributed by atoms with Gasteiger partial charge < -0.3 is 10.6 Å². The van der Waals surface area contributed by atoms with Crippen LogP contribution in [0.4, 0.5) is 11.4 Å². The number of benzene rings is 2. The molecule has 2 aromatic carbocycles. The standard InChI is InChI=1S/C16H19ClN2/c1-12-3-6-15(7-4-12)19(2)16-8-5-14(17)11-13(16)9-10-18/h3-8,11H,9-10,18H2,1-2H3. The van der Waals surface area contributed by atoms with Crippen molar-refractivity contribution in [2.75, 3.05) is 18.5 Å². The molecule has 0 amide bonds. The third-order valence-electron chi connectivity index (χ3n) is 3.24. The summed E-state index contributed by atoms with van der Waals surface area (Å²) < 4.78 is 0. The summed E-state index contributed by atoms with van der Waals surface area (Å²) in [5.74, 6) is 0. The van der Waals surface area contributed by atoms with Gasteiger partial charge in [0.2, 0.25) is 0 Å². The van der Waals surface area contributed by atoms with Gasteiger partial charge in [-0.25, -0.2) is 0 Å². The molecule has 2 aromatic rings. The Kier molecular flexibility index (Phi) is 4.46. The summed E-state index contributed by atoms with van der Waals surface area (Å²) in [6.07, 6.45) is 0.825. The van der Waals surface area contributed by atoms with Gasteiger partial charge in [-0.1, -0.05) is 29.3 Å². The van der Waals surface area contributed by atoms with Crippen LogP contribution in [0.3, 0.4) is 0 Å². The van der Waals surface area contributed by atoms with Gasteiger partial charge in [0.15, 0.2) is 0 Å². The Hall–Kier alpha value is -1.51. The van der Waals surface area contributed by atoms with Gasteiger partial charge >= 0.3 is 0 Å². The molecule has 0 aliphatic heterocycles. The first-order chi connectivity index (χ1) is 9.11. The van der Waals surface area contributed by atoms with Crippen molar-refractivity contribution in [3.05, 3.63) is 58.6 Å². The molecule has 2 nitrogen and oxygen atoms in total. The number of aryl methyl sites for hydroxylation is 1. The number of nitrogens with zero attached hydrogens (tertiary/aromatic N) is 1. The minimum absolute atomic E-state index is 0.620. The Morgan fingerprint density at radius 2 is 1.79 bits per heavy atom. The third-order valence-corrected chi connectivity index (χ3v) is 3.47. The molecule has 2 rings (SSSR count). The summed E-state index contributed by atoms with van der Waals surface area (Å²) in [5, 5.41) is 0.754. The van der Waals surface area contributed by atoms with E-state index in [-0.39, 0.29) is 0 Å². The van der Waals surface area contributed by atoms with Gasteiger partial charge in [0.1, 0.15) is 0 Å². The second kappa shape index (κ2) is 6.09. The average Bonchev–Trinajstić information content (AvgIpc) is 2.39. The average molecular weight is 275 g/mol. The van der Waals surface area contributed by atoms with Crippen molar-refractivity contribution >= 4 is 23.0 Å². The SMILES string of the molecule is Cc1ccc(N(C)c2ccc(Cl)cc2CCN)cc1. The number of rotatable bonds is 4. The summed E-state index contributed by atoms with van der Waals surface area (Å²) in [6.45, 7) is 2.71. The highest BCUT2D eigenvalue weighted by atomic mass is 35.5. The minimum atomic E-state index is 0.620. The second-order valence-electron chi connectivity index (χ2n) is 4.71. The lowest BCUT2D eigenvalue weighted by Gasteiger charge is -2.23. The fourth-order valence-corrected chi connectivity index (χ4v) is 2.34. The zero-order valence-corrected chi connectivity index (χ0v) is 12.1. The van der Waals surface area contributed by atoms with E-state index in [0.717, 1.165) is 22.8 Å². The lowest BCUT2D eigenvalue weighted by atomic mass is 10.1. The maximum atomic E-state index is 6.06. The summed E-state index contributed by atoms with van der Waals surface area (Å²) in [4.78, 5) is 2.17. The van der Waals surface area contributed by atoms with Crippen molar-refractivity contribution in [3.63, 3.8) is 0 Å². The topological polar surface area (TPSA) is 29.3 Å². The molecule has 0 spiro atoms. The minimum Gasteiger partial charge on any atom is -0.344 e. The van der Waals surface area contributed by atoms with E-state index < -0.39 is 0 Å². The highest BCUT2D eigenvalue weighted by molar-refractivity contribution is 6.30. The molecule has 2 N–H and O–H groups in total. The number of halogens is 1. The van der Waals surface area contributed by atoms with Crippen LogP contribution in [0, 0.1) is 6.92 Å². The van der Waals surface area contributed by atoms with Crippen LogP contribution in [0.15, 0.2) is 42.5 Å². The molecule has 0 saturated heterocycles. The van der Waals surface area contributed by atoms with Crippen LogP contribution < -0.4 is 10.6 Å². The van der Waals surface area contributed by atoms with E-state index in [1.807, 2.05) is 18.2 Å². The Labute approximate surface area is 119 Å². The number of hydrogen-bond acceptors (Lipinski definition) is 2. The second-order valence-corrected chi connectivity index (χ2v) is 5.14. The van der Waals surface area contributed by atoms with Crippen molar-refractivity contribution in [2.24, 2.45) is 5.73 Å². The van der Waals surface area contributed by atoms with Crippen molar-refractivity contribution < 1.29 is 0 Å². The largest absolute Gasteiger partial charge is 0.344 e. The van der Waals surface area contributed by atoms with Crippen molar-refractivity contribution in [1.82, 2.24) is 0 Å². The normalized spacial score (nSPS) is 10.5. The fourth-order valence-electron chi connectivity index (χ4n) is 2.14. The van der Waals surface area contributed by atoms with E-state index in [2.05, 4.69) is 43.1 Å². The molecule has 0 heterocycles. The zero-order valence-electron chi connectivity index (χ0n) is 11.4. The van der Waals surface area contributed by atoms with Gasteiger partial charge in [-0.15, -0.1) is 0 Å². The molecular weight excluding hydrogens is 256 g/mol. The molecule has 19 heavy (non-hydrogen) atoms. The van der Waals surface area contributed by atoms with E-state index in [4.69, 9.17) is 17.3 Å². The van der Waals surface area contributed by atoms with Gasteiger partial charge in [0.05, 0.1) is 0 Å². The van der Waals surface area contributed by atoms with Crippen LogP contribution in [-0.2, 0) is 6.42 Å². The molecule has 0 aliphatic rings. The highest BCUT2D eigenvalue weighted by Gasteiger charge is 2.09. The van der Waals surface area contributed by atoms with E-state index >= 15 is 0 Å². The molecule has 0 aliphatic carbocycles. The van der Waals surface area contributed by atoms with Gasteiger partial charge in [-0.3, -0.25) is 0 Å². The predicted molar refractivity (Wildman–Crippen MR) is 83.5 cm³/mol. The van der Waals surface area contributed by atoms with Crippen LogP contribution in [0.1, 0.15) is 11.1 Å². The third kappa shape index (κ3) is 3.28. The molecule has 0 atom stereocenters. The monoisotopic (exact) mass is 274 g/mol. The van der Waals surface area contributed by atoms with Crippen LogP contribution in [0.25, 0.3) is 0 Å². The van der Waals surface area contributed by atoms with Crippen LogP contribution >= 0.6 is 11.6 Å². The predicted octanol–water partition coefficient (Wildman–Crippen LogP) is 3.92. The molecule has 0 aromatic heterocycles. The lowest BCUT2D eigenvalue weighted by molar-refractivity contribution is 0.961. The Bertz CT molecular complexity index is 549.